The summed E-state index contributed by atoms with van der Waals surface area (Å²) >= 11 is 0. The lowest BCUT2D eigenvalue weighted by atomic mass is 9.81. The van der Waals surface area contributed by atoms with Gasteiger partial charge in [0.05, 0.1) is 13.2 Å². The summed E-state index contributed by atoms with van der Waals surface area (Å²) in [5.41, 5.74) is 0. The van der Waals surface area contributed by atoms with Gasteiger partial charge in [-0.15, -0.1) is 0 Å². The van der Waals surface area contributed by atoms with Crippen LogP contribution in [0.5, 0.6) is 0 Å². The van der Waals surface area contributed by atoms with Gasteiger partial charge in [0, 0.05) is 12.3 Å². The molecule has 1 saturated heterocycles. The Bertz CT molecular complexity index is 153. The van der Waals surface area contributed by atoms with Gasteiger partial charge in [0.15, 0.2) is 0 Å². The highest BCUT2D eigenvalue weighted by molar-refractivity contribution is 5.82. The predicted octanol–water partition coefficient (Wildman–Crippen LogP) is 1.00. The summed E-state index contributed by atoms with van der Waals surface area (Å²) in [6.45, 7) is 1.53. The van der Waals surface area contributed by atoms with E-state index in [4.69, 9.17) is 4.74 Å². The maximum Gasteiger partial charge on any atom is 0.138 e. The predicted molar refractivity (Wildman–Crippen MR) is 36.7 cm³/mol. The van der Waals surface area contributed by atoms with Crippen molar-refractivity contribution in [2.24, 2.45) is 11.8 Å². The molecule has 0 aromatic heterocycles. The van der Waals surface area contributed by atoms with Crippen molar-refractivity contribution in [3.63, 3.8) is 0 Å². The van der Waals surface area contributed by atoms with Gasteiger partial charge in [-0.25, -0.2) is 0 Å². The molecule has 0 aromatic rings. The Labute approximate surface area is 60.6 Å². The van der Waals surface area contributed by atoms with E-state index in [1.165, 1.54) is 6.42 Å². The van der Waals surface area contributed by atoms with Crippen molar-refractivity contribution in [2.75, 3.05) is 13.2 Å². The standard InChI is InChI=1S/C8H12O2/c9-8-3-1-2-6-4-10-5-7(6)8/h6-7H,1-5H2/t6-,7+/m0/s1. The van der Waals surface area contributed by atoms with E-state index in [0.29, 0.717) is 18.3 Å². The molecule has 1 aliphatic heterocycles. The van der Waals surface area contributed by atoms with Crippen LogP contribution in [0.3, 0.4) is 0 Å². The Morgan fingerprint density at radius 2 is 2.30 bits per heavy atom. The lowest BCUT2D eigenvalue weighted by Crippen LogP contribution is -2.26. The third kappa shape index (κ3) is 0.870. The zero-order valence-corrected chi connectivity index (χ0v) is 6.01. The molecular formula is C8H12O2. The van der Waals surface area contributed by atoms with E-state index in [9.17, 15) is 4.79 Å². The first-order valence-electron chi connectivity index (χ1n) is 3.98. The van der Waals surface area contributed by atoms with Crippen molar-refractivity contribution in [2.45, 2.75) is 19.3 Å². The van der Waals surface area contributed by atoms with Gasteiger partial charge >= 0.3 is 0 Å². The lowest BCUT2D eigenvalue weighted by Gasteiger charge is -2.20. The molecular weight excluding hydrogens is 128 g/mol. The van der Waals surface area contributed by atoms with E-state index >= 15 is 0 Å². The van der Waals surface area contributed by atoms with Crippen molar-refractivity contribution >= 4 is 5.78 Å². The van der Waals surface area contributed by atoms with Crippen molar-refractivity contribution < 1.29 is 9.53 Å². The summed E-state index contributed by atoms with van der Waals surface area (Å²) in [6, 6.07) is 0. The fourth-order valence-corrected chi connectivity index (χ4v) is 1.96. The smallest absolute Gasteiger partial charge is 0.138 e. The molecule has 2 aliphatic rings. The zero-order valence-electron chi connectivity index (χ0n) is 6.01. The van der Waals surface area contributed by atoms with Crippen molar-refractivity contribution in [3.05, 3.63) is 0 Å². The molecule has 1 saturated carbocycles. The SMILES string of the molecule is O=C1CCC[C@H]2COC[C@@H]12. The first kappa shape index (κ1) is 6.35. The third-order valence-electron chi connectivity index (χ3n) is 2.61. The largest absolute Gasteiger partial charge is 0.380 e. The molecule has 56 valence electrons. The number of hydrogen-bond acceptors (Lipinski definition) is 2. The van der Waals surface area contributed by atoms with Crippen LogP contribution in [0.1, 0.15) is 19.3 Å². The Kier molecular flexibility index (Phi) is 1.49. The Hall–Kier alpha value is -0.370. The molecule has 2 nitrogen and oxygen atoms in total. The van der Waals surface area contributed by atoms with Crippen molar-refractivity contribution in [3.8, 4) is 0 Å². The maximum absolute atomic E-state index is 11.2. The summed E-state index contributed by atoms with van der Waals surface area (Å²) in [5.74, 6) is 1.28. The Morgan fingerprint density at radius 1 is 1.40 bits per heavy atom. The zero-order chi connectivity index (χ0) is 6.97. The van der Waals surface area contributed by atoms with Gasteiger partial charge in [-0.2, -0.15) is 0 Å². The van der Waals surface area contributed by atoms with E-state index < -0.39 is 0 Å². The van der Waals surface area contributed by atoms with Gasteiger partial charge in [0.25, 0.3) is 0 Å². The molecule has 0 unspecified atom stereocenters. The minimum absolute atomic E-state index is 0.272. The Morgan fingerprint density at radius 3 is 3.10 bits per heavy atom. The molecule has 1 aliphatic carbocycles. The summed E-state index contributed by atoms with van der Waals surface area (Å²) < 4.78 is 5.24. The van der Waals surface area contributed by atoms with Gasteiger partial charge in [-0.05, 0) is 18.8 Å². The van der Waals surface area contributed by atoms with Crippen LogP contribution in [-0.2, 0) is 9.53 Å². The normalized spacial score (nSPS) is 39.8. The van der Waals surface area contributed by atoms with Crippen LogP contribution in [0.2, 0.25) is 0 Å². The minimum atomic E-state index is 0.272. The number of carbonyl (C=O) groups excluding carboxylic acids is 1. The van der Waals surface area contributed by atoms with E-state index in [-0.39, 0.29) is 5.92 Å². The molecule has 10 heavy (non-hydrogen) atoms. The van der Waals surface area contributed by atoms with Crippen LogP contribution >= 0.6 is 0 Å². The third-order valence-corrected chi connectivity index (χ3v) is 2.61. The molecule has 0 bridgehead atoms. The van der Waals surface area contributed by atoms with Gasteiger partial charge < -0.3 is 4.74 Å². The minimum Gasteiger partial charge on any atom is -0.380 e. The number of hydrogen-bond donors (Lipinski definition) is 0. The molecule has 0 amide bonds. The van der Waals surface area contributed by atoms with Crippen molar-refractivity contribution in [1.82, 2.24) is 0 Å². The summed E-state index contributed by atoms with van der Waals surface area (Å²) in [6.07, 6.45) is 3.09. The summed E-state index contributed by atoms with van der Waals surface area (Å²) in [4.78, 5) is 11.2. The first-order valence-corrected chi connectivity index (χ1v) is 3.98. The molecule has 0 aromatic carbocycles. The number of Topliss-reactive ketones (excluding diaryl/α,β-unsaturated/α-hetero) is 1. The maximum atomic E-state index is 11.2. The average molecular weight is 140 g/mol. The second kappa shape index (κ2) is 2.35. The van der Waals surface area contributed by atoms with Crippen molar-refractivity contribution in [1.29, 1.82) is 0 Å². The van der Waals surface area contributed by atoms with Crippen LogP contribution in [0.4, 0.5) is 0 Å². The van der Waals surface area contributed by atoms with E-state index in [2.05, 4.69) is 0 Å². The second-order valence-corrected chi connectivity index (χ2v) is 3.26. The van der Waals surface area contributed by atoms with Crippen LogP contribution < -0.4 is 0 Å². The van der Waals surface area contributed by atoms with Crippen LogP contribution in [-0.4, -0.2) is 19.0 Å². The van der Waals surface area contributed by atoms with Gasteiger partial charge in [0.2, 0.25) is 0 Å². The first-order chi connectivity index (χ1) is 4.88. The fraction of sp³-hybridized carbons (Fsp3) is 0.875. The van der Waals surface area contributed by atoms with Gasteiger partial charge in [0.1, 0.15) is 5.78 Å². The highest BCUT2D eigenvalue weighted by atomic mass is 16.5. The molecule has 2 fully saturated rings. The number of carbonyl (C=O) groups is 1. The molecule has 0 radical (unpaired) electrons. The molecule has 2 heteroatoms. The second-order valence-electron chi connectivity index (χ2n) is 3.26. The van der Waals surface area contributed by atoms with Crippen LogP contribution in [0.15, 0.2) is 0 Å². The average Bonchev–Trinajstić information content (AvgIpc) is 2.36. The van der Waals surface area contributed by atoms with Crippen LogP contribution in [0, 0.1) is 11.8 Å². The molecule has 2 rings (SSSR count). The van der Waals surface area contributed by atoms with E-state index in [1.807, 2.05) is 0 Å². The number of rotatable bonds is 0. The highest BCUT2D eigenvalue weighted by Crippen LogP contribution is 2.31. The topological polar surface area (TPSA) is 26.3 Å². The van der Waals surface area contributed by atoms with Gasteiger partial charge in [-0.1, -0.05) is 0 Å². The Balaban J connectivity index is 2.10. The number of fused-ring (bicyclic) bond motifs is 1. The number of ether oxygens (including phenoxy) is 1. The highest BCUT2D eigenvalue weighted by Gasteiger charge is 2.35. The summed E-state index contributed by atoms with van der Waals surface area (Å²) in [7, 11) is 0. The molecule has 2 atom stereocenters. The lowest BCUT2D eigenvalue weighted by molar-refractivity contribution is -0.125. The number of ketones is 1. The summed E-state index contributed by atoms with van der Waals surface area (Å²) in [5, 5.41) is 0. The van der Waals surface area contributed by atoms with Crippen LogP contribution in [0.25, 0.3) is 0 Å². The molecule has 0 spiro atoms. The van der Waals surface area contributed by atoms with Gasteiger partial charge in [-0.3, -0.25) is 4.79 Å². The van der Waals surface area contributed by atoms with E-state index in [1.54, 1.807) is 0 Å². The fourth-order valence-electron chi connectivity index (χ4n) is 1.96. The monoisotopic (exact) mass is 140 g/mol. The molecule has 0 N–H and O–H groups in total. The molecule has 1 heterocycles. The quantitative estimate of drug-likeness (QED) is 0.501. The van der Waals surface area contributed by atoms with E-state index in [0.717, 1.165) is 19.4 Å².